The molecule has 0 unspecified atom stereocenters. The molecule has 6 nitrogen and oxygen atoms in total. The van der Waals surface area contributed by atoms with Gasteiger partial charge < -0.3 is 14.5 Å². The van der Waals surface area contributed by atoms with Crippen LogP contribution in [0.3, 0.4) is 0 Å². The fourth-order valence-corrected chi connectivity index (χ4v) is 2.06. The highest BCUT2D eigenvalue weighted by atomic mass is 16.5. The lowest BCUT2D eigenvalue weighted by Gasteiger charge is -2.29. The van der Waals surface area contributed by atoms with Crippen LogP contribution in [-0.4, -0.2) is 61.3 Å². The van der Waals surface area contributed by atoms with Crippen molar-refractivity contribution in [3.8, 4) is 0 Å². The average Bonchev–Trinajstić information content (AvgIpc) is 2.63. The van der Waals surface area contributed by atoms with Crippen molar-refractivity contribution in [2.45, 2.75) is 26.8 Å². The van der Waals surface area contributed by atoms with Crippen molar-refractivity contribution in [3.63, 3.8) is 0 Å². The van der Waals surface area contributed by atoms with E-state index in [2.05, 4.69) is 0 Å². The van der Waals surface area contributed by atoms with Crippen molar-refractivity contribution in [1.82, 2.24) is 9.80 Å². The van der Waals surface area contributed by atoms with Crippen LogP contribution in [0.1, 0.15) is 20.8 Å². The number of hydrogen-bond donors (Lipinski definition) is 0. The number of ketones is 1. The second-order valence-corrected chi connectivity index (χ2v) is 6.08. The molecule has 0 N–H and O–H groups in total. The summed E-state index contributed by atoms with van der Waals surface area (Å²) in [6.07, 6.45) is 1.57. The van der Waals surface area contributed by atoms with Gasteiger partial charge in [-0.25, -0.2) is 4.79 Å². The van der Waals surface area contributed by atoms with Crippen molar-refractivity contribution in [1.29, 1.82) is 0 Å². The molecule has 0 aromatic rings. The van der Waals surface area contributed by atoms with Crippen LogP contribution in [0.25, 0.3) is 0 Å². The third kappa shape index (κ3) is 3.18. The third-order valence-electron chi connectivity index (χ3n) is 2.97. The van der Waals surface area contributed by atoms with Gasteiger partial charge in [0.1, 0.15) is 0 Å². The maximum Gasteiger partial charge on any atom is 0.333 e. The highest BCUT2D eigenvalue weighted by Gasteiger charge is 2.46. The number of amides is 1. The quantitative estimate of drug-likeness (QED) is 0.543. The molecule has 1 fully saturated rings. The lowest BCUT2D eigenvalue weighted by atomic mass is 9.94. The smallest absolute Gasteiger partial charge is 0.333 e. The normalized spacial score (nSPS) is 21.3. The maximum absolute atomic E-state index is 12.4. The molecule has 0 aliphatic carbocycles. The number of hydrogen-bond acceptors (Lipinski definition) is 5. The van der Waals surface area contributed by atoms with Gasteiger partial charge in [0.15, 0.2) is 11.8 Å². The van der Waals surface area contributed by atoms with Gasteiger partial charge in [-0.2, -0.15) is 0 Å². The Labute approximate surface area is 119 Å². The summed E-state index contributed by atoms with van der Waals surface area (Å²) in [7, 11) is 4.75. The van der Waals surface area contributed by atoms with Crippen LogP contribution >= 0.6 is 0 Å². The van der Waals surface area contributed by atoms with E-state index >= 15 is 0 Å². The Morgan fingerprint density at radius 3 is 2.30 bits per heavy atom. The summed E-state index contributed by atoms with van der Waals surface area (Å²) in [5.74, 6) is -1.07. The van der Waals surface area contributed by atoms with Crippen LogP contribution in [0.15, 0.2) is 11.8 Å². The van der Waals surface area contributed by atoms with Crippen molar-refractivity contribution < 1.29 is 19.1 Å². The van der Waals surface area contributed by atoms with E-state index in [1.165, 1.54) is 12.0 Å². The predicted octanol–water partition coefficient (Wildman–Crippen LogP) is 0.431. The standard InChI is InChI=1S/C14H22N2O4/c1-14(2,3)13(19)16-8-10(17)9(7-15(4)5)11(16)12(18)20-6/h7,11H,8H2,1-6H3/b9-7-/t11-/m0/s1. The van der Waals surface area contributed by atoms with Crippen LogP contribution in [0, 0.1) is 5.41 Å². The predicted molar refractivity (Wildman–Crippen MR) is 73.7 cm³/mol. The van der Waals surface area contributed by atoms with E-state index in [1.807, 2.05) is 0 Å². The molecule has 1 rings (SSSR count). The Hall–Kier alpha value is -1.85. The van der Waals surface area contributed by atoms with Crippen molar-refractivity contribution in [2.24, 2.45) is 5.41 Å². The lowest BCUT2D eigenvalue weighted by molar-refractivity contribution is -0.152. The summed E-state index contributed by atoms with van der Waals surface area (Å²) in [6, 6.07) is -0.957. The second kappa shape index (κ2) is 5.64. The first kappa shape index (κ1) is 16.2. The molecular weight excluding hydrogens is 260 g/mol. The molecular formula is C14H22N2O4. The average molecular weight is 282 g/mol. The summed E-state index contributed by atoms with van der Waals surface area (Å²) in [5, 5.41) is 0. The zero-order chi connectivity index (χ0) is 15.7. The summed E-state index contributed by atoms with van der Waals surface area (Å²) in [5.41, 5.74) is -0.375. The molecule has 0 bridgehead atoms. The third-order valence-corrected chi connectivity index (χ3v) is 2.97. The Morgan fingerprint density at radius 2 is 1.90 bits per heavy atom. The number of carbonyl (C=O) groups excluding carboxylic acids is 3. The number of Topliss-reactive ketones (excluding diaryl/α,β-unsaturated/α-hetero) is 1. The number of esters is 1. The molecule has 0 aromatic heterocycles. The molecule has 1 heterocycles. The molecule has 1 aliphatic rings. The Morgan fingerprint density at radius 1 is 1.35 bits per heavy atom. The minimum Gasteiger partial charge on any atom is -0.467 e. The number of likely N-dealkylation sites (tertiary alicyclic amines) is 1. The fraction of sp³-hybridized carbons (Fsp3) is 0.643. The van der Waals surface area contributed by atoms with Gasteiger partial charge in [-0.3, -0.25) is 9.59 Å². The van der Waals surface area contributed by atoms with Gasteiger partial charge in [-0.05, 0) is 0 Å². The van der Waals surface area contributed by atoms with E-state index in [9.17, 15) is 14.4 Å². The van der Waals surface area contributed by atoms with Gasteiger partial charge in [0.05, 0.1) is 13.7 Å². The van der Waals surface area contributed by atoms with Crippen LogP contribution in [0.4, 0.5) is 0 Å². The van der Waals surface area contributed by atoms with E-state index in [0.717, 1.165) is 0 Å². The monoisotopic (exact) mass is 282 g/mol. The first-order chi connectivity index (χ1) is 9.09. The molecule has 0 aromatic carbocycles. The molecule has 112 valence electrons. The minimum atomic E-state index is -0.957. The first-order valence-corrected chi connectivity index (χ1v) is 6.39. The number of rotatable bonds is 2. The lowest BCUT2D eigenvalue weighted by Crippen LogP contribution is -2.46. The van der Waals surface area contributed by atoms with Crippen LogP contribution < -0.4 is 0 Å². The molecule has 0 saturated carbocycles. The first-order valence-electron chi connectivity index (χ1n) is 6.39. The van der Waals surface area contributed by atoms with Gasteiger partial charge in [0.25, 0.3) is 0 Å². The van der Waals surface area contributed by atoms with Gasteiger partial charge in [0.2, 0.25) is 5.91 Å². The second-order valence-electron chi connectivity index (χ2n) is 6.08. The summed E-state index contributed by atoms with van der Waals surface area (Å²) >= 11 is 0. The van der Waals surface area contributed by atoms with Crippen molar-refractivity contribution in [3.05, 3.63) is 11.8 Å². The Bertz CT molecular complexity index is 460. The van der Waals surface area contributed by atoms with E-state index < -0.39 is 17.4 Å². The van der Waals surface area contributed by atoms with E-state index in [4.69, 9.17) is 4.74 Å². The number of methoxy groups -OCH3 is 1. The maximum atomic E-state index is 12.4. The fourth-order valence-electron chi connectivity index (χ4n) is 2.06. The van der Waals surface area contributed by atoms with Crippen LogP contribution in [-0.2, 0) is 19.1 Å². The van der Waals surface area contributed by atoms with Gasteiger partial charge in [-0.15, -0.1) is 0 Å². The van der Waals surface area contributed by atoms with Gasteiger partial charge in [0, 0.05) is 31.3 Å². The van der Waals surface area contributed by atoms with E-state index in [1.54, 1.807) is 46.0 Å². The largest absolute Gasteiger partial charge is 0.467 e. The molecule has 6 heteroatoms. The Balaban J connectivity index is 3.24. The highest BCUT2D eigenvalue weighted by molar-refractivity contribution is 6.10. The van der Waals surface area contributed by atoms with Crippen molar-refractivity contribution in [2.75, 3.05) is 27.7 Å². The van der Waals surface area contributed by atoms with E-state index in [-0.39, 0.29) is 18.2 Å². The molecule has 20 heavy (non-hydrogen) atoms. The molecule has 1 saturated heterocycles. The molecule has 1 aliphatic heterocycles. The zero-order valence-electron chi connectivity index (χ0n) is 12.9. The molecule has 1 atom stereocenters. The zero-order valence-corrected chi connectivity index (χ0v) is 12.9. The molecule has 0 radical (unpaired) electrons. The summed E-state index contributed by atoms with van der Waals surface area (Å²) in [4.78, 5) is 39.4. The van der Waals surface area contributed by atoms with E-state index in [0.29, 0.717) is 5.57 Å². The van der Waals surface area contributed by atoms with Crippen molar-refractivity contribution >= 4 is 17.7 Å². The molecule has 0 spiro atoms. The Kier molecular flexibility index (Phi) is 4.57. The number of ether oxygens (including phenoxy) is 1. The van der Waals surface area contributed by atoms with Gasteiger partial charge in [-0.1, -0.05) is 20.8 Å². The summed E-state index contributed by atoms with van der Waals surface area (Å²) < 4.78 is 4.74. The topological polar surface area (TPSA) is 66.9 Å². The highest BCUT2D eigenvalue weighted by Crippen LogP contribution is 2.28. The molecule has 1 amide bonds. The number of nitrogens with zero attached hydrogens (tertiary/aromatic N) is 2. The number of carbonyl (C=O) groups is 3. The van der Waals surface area contributed by atoms with Crippen LogP contribution in [0.2, 0.25) is 0 Å². The van der Waals surface area contributed by atoms with Crippen LogP contribution in [0.5, 0.6) is 0 Å². The minimum absolute atomic E-state index is 0.0878. The summed E-state index contributed by atoms with van der Waals surface area (Å²) in [6.45, 7) is 5.17. The van der Waals surface area contributed by atoms with Gasteiger partial charge >= 0.3 is 5.97 Å². The SMILES string of the molecule is COC(=O)[C@@H]1/C(=C\N(C)C)C(=O)CN1C(=O)C(C)(C)C.